The van der Waals surface area contributed by atoms with Crippen LogP contribution in [-0.4, -0.2) is 65.3 Å². The van der Waals surface area contributed by atoms with Crippen molar-refractivity contribution in [1.29, 1.82) is 0 Å². The number of piperazine rings is 1. The van der Waals surface area contributed by atoms with Gasteiger partial charge >= 0.3 is 0 Å². The molecule has 3 rings (SSSR count). The summed E-state index contributed by atoms with van der Waals surface area (Å²) in [5.41, 5.74) is 1.33. The number of carbonyl (C=O) groups excluding carboxylic acids is 2. The fourth-order valence-corrected chi connectivity index (χ4v) is 5.47. The van der Waals surface area contributed by atoms with E-state index in [0.717, 1.165) is 58.4 Å². The van der Waals surface area contributed by atoms with Crippen molar-refractivity contribution >= 4 is 11.8 Å². The van der Waals surface area contributed by atoms with Gasteiger partial charge in [0.25, 0.3) is 0 Å². The SMILES string of the molecule is CCCCCCCCC(=O)N(CCC(=O)N1CCN(Cc2ccccc2)CC1)C1CCCCC1. The van der Waals surface area contributed by atoms with Crippen LogP contribution < -0.4 is 0 Å². The van der Waals surface area contributed by atoms with Gasteiger partial charge in [0.05, 0.1) is 0 Å². The lowest BCUT2D eigenvalue weighted by Crippen LogP contribution is -2.49. The molecule has 0 spiro atoms. The zero-order chi connectivity index (χ0) is 24.0. The lowest BCUT2D eigenvalue weighted by atomic mass is 9.93. The molecule has 1 saturated heterocycles. The summed E-state index contributed by atoms with van der Waals surface area (Å²) in [6.45, 7) is 7.21. The van der Waals surface area contributed by atoms with Crippen molar-refractivity contribution in [3.05, 3.63) is 35.9 Å². The second kappa shape index (κ2) is 15.2. The van der Waals surface area contributed by atoms with Crippen molar-refractivity contribution in [1.82, 2.24) is 14.7 Å². The molecule has 5 nitrogen and oxygen atoms in total. The van der Waals surface area contributed by atoms with E-state index in [1.807, 2.05) is 4.90 Å². The number of amides is 2. The first-order valence-corrected chi connectivity index (χ1v) is 14.0. The van der Waals surface area contributed by atoms with E-state index in [4.69, 9.17) is 0 Å². The molecule has 0 aromatic heterocycles. The third kappa shape index (κ3) is 9.05. The number of nitrogens with zero attached hydrogens (tertiary/aromatic N) is 3. The summed E-state index contributed by atoms with van der Waals surface area (Å²) in [4.78, 5) is 32.7. The van der Waals surface area contributed by atoms with Gasteiger partial charge in [-0.3, -0.25) is 14.5 Å². The van der Waals surface area contributed by atoms with Crippen molar-refractivity contribution < 1.29 is 9.59 Å². The molecular weight excluding hydrogens is 422 g/mol. The average molecular weight is 470 g/mol. The van der Waals surface area contributed by atoms with Gasteiger partial charge in [-0.2, -0.15) is 0 Å². The molecule has 1 aromatic carbocycles. The standard InChI is InChI=1S/C29H47N3O2/c1-2-3-4-5-6-13-18-29(34)32(27-16-11-8-12-17-27)20-19-28(33)31-23-21-30(22-24-31)25-26-14-9-7-10-15-26/h7,9-10,14-15,27H,2-6,8,11-13,16-25H2,1H3. The summed E-state index contributed by atoms with van der Waals surface area (Å²) in [6.07, 6.45) is 14.2. The number of carbonyl (C=O) groups is 2. The van der Waals surface area contributed by atoms with E-state index in [0.29, 0.717) is 25.4 Å². The van der Waals surface area contributed by atoms with Gasteiger partial charge in [0, 0.05) is 58.2 Å². The van der Waals surface area contributed by atoms with Gasteiger partial charge in [0.2, 0.25) is 11.8 Å². The minimum atomic E-state index is 0.215. The van der Waals surface area contributed by atoms with Crippen molar-refractivity contribution in [3.8, 4) is 0 Å². The van der Waals surface area contributed by atoms with E-state index in [1.54, 1.807) is 0 Å². The number of hydrogen-bond acceptors (Lipinski definition) is 3. The number of unbranched alkanes of at least 4 members (excludes halogenated alkanes) is 5. The molecule has 0 atom stereocenters. The summed E-state index contributed by atoms with van der Waals surface area (Å²) in [6, 6.07) is 10.9. The van der Waals surface area contributed by atoms with Gasteiger partial charge < -0.3 is 9.80 Å². The van der Waals surface area contributed by atoms with Crippen LogP contribution in [0.15, 0.2) is 30.3 Å². The first-order valence-electron chi connectivity index (χ1n) is 14.0. The molecule has 190 valence electrons. The molecule has 2 aliphatic rings. The summed E-state index contributed by atoms with van der Waals surface area (Å²) in [7, 11) is 0. The minimum Gasteiger partial charge on any atom is -0.340 e. The van der Waals surface area contributed by atoms with Crippen LogP contribution in [0.25, 0.3) is 0 Å². The molecule has 1 aliphatic heterocycles. The third-order valence-corrected chi connectivity index (χ3v) is 7.62. The van der Waals surface area contributed by atoms with Crippen molar-refractivity contribution in [2.75, 3.05) is 32.7 Å². The third-order valence-electron chi connectivity index (χ3n) is 7.62. The monoisotopic (exact) mass is 469 g/mol. The van der Waals surface area contributed by atoms with E-state index in [-0.39, 0.29) is 11.8 Å². The lowest BCUT2D eigenvalue weighted by molar-refractivity contribution is -0.137. The molecule has 0 bridgehead atoms. The molecule has 5 heteroatoms. The van der Waals surface area contributed by atoms with Crippen LogP contribution in [0, 0.1) is 0 Å². The maximum absolute atomic E-state index is 13.1. The average Bonchev–Trinajstić information content (AvgIpc) is 2.88. The van der Waals surface area contributed by atoms with Crippen LogP contribution in [0.5, 0.6) is 0 Å². The van der Waals surface area contributed by atoms with Gasteiger partial charge in [-0.25, -0.2) is 0 Å². The van der Waals surface area contributed by atoms with Crippen molar-refractivity contribution in [2.24, 2.45) is 0 Å². The molecule has 1 heterocycles. The molecule has 2 fully saturated rings. The topological polar surface area (TPSA) is 43.9 Å². The molecule has 0 unspecified atom stereocenters. The van der Waals surface area contributed by atoms with E-state index in [2.05, 4.69) is 47.1 Å². The van der Waals surface area contributed by atoms with Gasteiger partial charge in [-0.15, -0.1) is 0 Å². The van der Waals surface area contributed by atoms with E-state index < -0.39 is 0 Å². The Bertz CT molecular complexity index is 709. The van der Waals surface area contributed by atoms with E-state index >= 15 is 0 Å². The molecular formula is C29H47N3O2. The summed E-state index contributed by atoms with van der Waals surface area (Å²) in [5.74, 6) is 0.496. The molecule has 1 aromatic rings. The van der Waals surface area contributed by atoms with Gasteiger partial charge in [-0.1, -0.05) is 88.6 Å². The summed E-state index contributed by atoms with van der Waals surface area (Å²) in [5, 5.41) is 0. The zero-order valence-electron chi connectivity index (χ0n) is 21.6. The van der Waals surface area contributed by atoms with Crippen LogP contribution in [0.3, 0.4) is 0 Å². The maximum atomic E-state index is 13.1. The predicted molar refractivity (Wildman–Crippen MR) is 139 cm³/mol. The number of hydrogen-bond donors (Lipinski definition) is 0. The Kier molecular flexibility index (Phi) is 11.9. The van der Waals surface area contributed by atoms with E-state index in [9.17, 15) is 9.59 Å². The lowest BCUT2D eigenvalue weighted by Gasteiger charge is -2.37. The normalized spacial score (nSPS) is 17.6. The highest BCUT2D eigenvalue weighted by atomic mass is 16.2. The molecule has 2 amide bonds. The molecule has 34 heavy (non-hydrogen) atoms. The van der Waals surface area contributed by atoms with Crippen molar-refractivity contribution in [3.63, 3.8) is 0 Å². The summed E-state index contributed by atoms with van der Waals surface area (Å²) >= 11 is 0. The second-order valence-corrected chi connectivity index (χ2v) is 10.3. The Morgan fingerprint density at radius 3 is 2.24 bits per heavy atom. The highest BCUT2D eigenvalue weighted by molar-refractivity contribution is 5.79. The number of benzene rings is 1. The molecule has 1 saturated carbocycles. The van der Waals surface area contributed by atoms with Crippen LogP contribution >= 0.6 is 0 Å². The van der Waals surface area contributed by atoms with Crippen molar-refractivity contribution in [2.45, 2.75) is 103 Å². The maximum Gasteiger partial charge on any atom is 0.224 e. The highest BCUT2D eigenvalue weighted by Crippen LogP contribution is 2.24. The fraction of sp³-hybridized carbons (Fsp3) is 0.724. The van der Waals surface area contributed by atoms with Crippen LogP contribution in [0.1, 0.15) is 96.0 Å². The van der Waals surface area contributed by atoms with Crippen LogP contribution in [0.4, 0.5) is 0 Å². The Labute approximate surface area is 207 Å². The van der Waals surface area contributed by atoms with Gasteiger partial charge in [0.15, 0.2) is 0 Å². The Morgan fingerprint density at radius 1 is 0.853 bits per heavy atom. The zero-order valence-corrected chi connectivity index (χ0v) is 21.6. The Balaban J connectivity index is 1.42. The predicted octanol–water partition coefficient (Wildman–Crippen LogP) is 5.63. The molecule has 1 aliphatic carbocycles. The largest absolute Gasteiger partial charge is 0.340 e. The van der Waals surface area contributed by atoms with E-state index in [1.165, 1.54) is 50.5 Å². The molecule has 0 N–H and O–H groups in total. The van der Waals surface area contributed by atoms with Gasteiger partial charge in [-0.05, 0) is 24.8 Å². The molecule has 0 radical (unpaired) electrons. The van der Waals surface area contributed by atoms with Crippen LogP contribution in [0.2, 0.25) is 0 Å². The smallest absolute Gasteiger partial charge is 0.224 e. The second-order valence-electron chi connectivity index (χ2n) is 10.3. The minimum absolute atomic E-state index is 0.215. The highest BCUT2D eigenvalue weighted by Gasteiger charge is 2.27. The first kappa shape index (κ1) is 26.7. The quantitative estimate of drug-likeness (QED) is 0.352. The summed E-state index contributed by atoms with van der Waals surface area (Å²) < 4.78 is 0. The number of rotatable bonds is 13. The Morgan fingerprint density at radius 2 is 1.53 bits per heavy atom. The van der Waals surface area contributed by atoms with Crippen LogP contribution in [-0.2, 0) is 16.1 Å². The Hall–Kier alpha value is -1.88. The fourth-order valence-electron chi connectivity index (χ4n) is 5.47. The first-order chi connectivity index (χ1) is 16.7. The van der Waals surface area contributed by atoms with Gasteiger partial charge in [0.1, 0.15) is 0 Å².